The Balaban J connectivity index is 2.40. The van der Waals surface area contributed by atoms with E-state index in [1.165, 1.54) is 5.56 Å². The Kier molecular flexibility index (Phi) is 3.46. The molecule has 0 saturated heterocycles. The van der Waals surface area contributed by atoms with Crippen molar-refractivity contribution in [3.8, 4) is 0 Å². The van der Waals surface area contributed by atoms with E-state index in [1.54, 1.807) is 0 Å². The van der Waals surface area contributed by atoms with E-state index in [-0.39, 0.29) is 0 Å². The summed E-state index contributed by atoms with van der Waals surface area (Å²) >= 11 is 5.99. The van der Waals surface area contributed by atoms with Gasteiger partial charge in [-0.25, -0.2) is 0 Å². The van der Waals surface area contributed by atoms with Crippen molar-refractivity contribution in [1.82, 2.24) is 4.98 Å². The lowest BCUT2D eigenvalue weighted by Gasteiger charge is -2.15. The van der Waals surface area contributed by atoms with Crippen LogP contribution in [0.3, 0.4) is 0 Å². The quantitative estimate of drug-likeness (QED) is 0.816. The molecule has 86 valence electrons. The number of halogens is 1. The maximum Gasteiger partial charge on any atom is 0.117 e. The topological polar surface area (TPSA) is 34.2 Å². The van der Waals surface area contributed by atoms with Gasteiger partial charge >= 0.3 is 0 Å². The highest BCUT2D eigenvalue weighted by molar-refractivity contribution is 6.31. The zero-order valence-electron chi connectivity index (χ0n) is 9.46. The number of pyridine rings is 1. The van der Waals surface area contributed by atoms with Crippen molar-refractivity contribution in [2.45, 2.75) is 19.8 Å². The predicted octanol–water partition coefficient (Wildman–Crippen LogP) is 3.18. The van der Waals surface area contributed by atoms with Crippen LogP contribution in [0.1, 0.15) is 31.0 Å². The molecule has 0 bridgehead atoms. The molecule has 0 atom stereocenters. The van der Waals surface area contributed by atoms with Crippen LogP contribution in [0.4, 0.5) is 5.69 Å². The lowest BCUT2D eigenvalue weighted by atomic mass is 10.0. The van der Waals surface area contributed by atoms with Crippen molar-refractivity contribution >= 4 is 23.4 Å². The zero-order valence-corrected chi connectivity index (χ0v) is 10.2. The van der Waals surface area contributed by atoms with Crippen LogP contribution in [0, 0.1) is 0 Å². The molecule has 1 N–H and O–H groups in total. The van der Waals surface area contributed by atoms with Gasteiger partial charge in [-0.1, -0.05) is 25.4 Å². The smallest absolute Gasteiger partial charge is 0.117 e. The molecule has 0 spiro atoms. The molecule has 0 amide bonds. The van der Waals surface area contributed by atoms with Crippen LogP contribution in [0.2, 0.25) is 0 Å². The molecule has 0 saturated carbocycles. The Morgan fingerprint density at radius 3 is 3.06 bits per heavy atom. The molecule has 16 heavy (non-hydrogen) atoms. The van der Waals surface area contributed by atoms with Gasteiger partial charge < -0.3 is 10.1 Å². The first kappa shape index (κ1) is 11.4. The SMILES string of the molecule is CC(C)c1cnc2c(c1)NCOCC(Cl)=C2. The van der Waals surface area contributed by atoms with E-state index < -0.39 is 0 Å². The molecular formula is C12H15ClN2O. The molecule has 0 aromatic carbocycles. The molecule has 2 rings (SSSR count). The van der Waals surface area contributed by atoms with Gasteiger partial charge in [0.1, 0.15) is 6.73 Å². The average Bonchev–Trinajstić information content (AvgIpc) is 2.22. The Bertz CT molecular complexity index is 415. The summed E-state index contributed by atoms with van der Waals surface area (Å²) in [5, 5.41) is 3.87. The third kappa shape index (κ3) is 2.54. The summed E-state index contributed by atoms with van der Waals surface area (Å²) in [6.07, 6.45) is 3.74. The minimum atomic E-state index is 0.432. The fourth-order valence-electron chi connectivity index (χ4n) is 1.53. The fourth-order valence-corrected chi connectivity index (χ4v) is 1.71. The molecule has 0 radical (unpaired) electrons. The number of ether oxygens (including phenoxy) is 1. The second-order valence-corrected chi connectivity index (χ2v) is 4.60. The summed E-state index contributed by atoms with van der Waals surface area (Å²) in [4.78, 5) is 4.41. The van der Waals surface area contributed by atoms with Gasteiger partial charge in [0, 0.05) is 11.2 Å². The van der Waals surface area contributed by atoms with Gasteiger partial charge in [0.15, 0.2) is 0 Å². The molecule has 1 aromatic rings. The van der Waals surface area contributed by atoms with Crippen LogP contribution in [0.15, 0.2) is 17.3 Å². The largest absolute Gasteiger partial charge is 0.361 e. The monoisotopic (exact) mass is 238 g/mol. The lowest BCUT2D eigenvalue weighted by Crippen LogP contribution is -2.11. The third-order valence-electron chi connectivity index (χ3n) is 2.50. The van der Waals surface area contributed by atoms with E-state index in [9.17, 15) is 0 Å². The minimum Gasteiger partial charge on any atom is -0.361 e. The van der Waals surface area contributed by atoms with E-state index in [2.05, 4.69) is 30.2 Å². The van der Waals surface area contributed by atoms with E-state index in [0.717, 1.165) is 11.4 Å². The maximum atomic E-state index is 5.99. The average molecular weight is 239 g/mol. The van der Waals surface area contributed by atoms with E-state index in [1.807, 2.05) is 12.3 Å². The summed E-state index contributed by atoms with van der Waals surface area (Å²) in [6, 6.07) is 2.10. The summed E-state index contributed by atoms with van der Waals surface area (Å²) in [6.45, 7) is 5.18. The van der Waals surface area contributed by atoms with Crippen molar-refractivity contribution in [3.63, 3.8) is 0 Å². The van der Waals surface area contributed by atoms with Gasteiger partial charge in [-0.2, -0.15) is 0 Å². The molecule has 3 nitrogen and oxygen atoms in total. The first-order valence-electron chi connectivity index (χ1n) is 5.34. The van der Waals surface area contributed by atoms with Crippen LogP contribution < -0.4 is 5.32 Å². The number of anilines is 1. The molecule has 2 heterocycles. The number of aromatic nitrogens is 1. The van der Waals surface area contributed by atoms with Crippen molar-refractivity contribution in [1.29, 1.82) is 0 Å². The highest BCUT2D eigenvalue weighted by atomic mass is 35.5. The van der Waals surface area contributed by atoms with Gasteiger partial charge in [-0.3, -0.25) is 4.98 Å². The van der Waals surface area contributed by atoms with Crippen LogP contribution in [0.25, 0.3) is 6.08 Å². The Hall–Kier alpha value is -1.06. The van der Waals surface area contributed by atoms with E-state index >= 15 is 0 Å². The second kappa shape index (κ2) is 4.85. The highest BCUT2D eigenvalue weighted by Crippen LogP contribution is 2.24. The van der Waals surface area contributed by atoms with Crippen LogP contribution in [0.5, 0.6) is 0 Å². The van der Waals surface area contributed by atoms with Crippen LogP contribution in [-0.4, -0.2) is 18.3 Å². The summed E-state index contributed by atoms with van der Waals surface area (Å²) in [5.74, 6) is 0.463. The van der Waals surface area contributed by atoms with Crippen molar-refractivity contribution in [2.75, 3.05) is 18.7 Å². The lowest BCUT2D eigenvalue weighted by molar-refractivity contribution is 0.180. The number of nitrogens with one attached hydrogen (secondary N) is 1. The van der Waals surface area contributed by atoms with E-state index in [4.69, 9.17) is 16.3 Å². The molecular weight excluding hydrogens is 224 g/mol. The van der Waals surface area contributed by atoms with Gasteiger partial charge in [-0.05, 0) is 23.6 Å². The Morgan fingerprint density at radius 2 is 2.31 bits per heavy atom. The molecule has 0 fully saturated rings. The Labute approximate surface area is 100 Å². The molecule has 1 aliphatic rings. The van der Waals surface area contributed by atoms with Crippen LogP contribution in [-0.2, 0) is 4.74 Å². The molecule has 1 aliphatic heterocycles. The van der Waals surface area contributed by atoms with Gasteiger partial charge in [0.05, 0.1) is 18.0 Å². The number of nitrogens with zero attached hydrogens (tertiary/aromatic N) is 1. The van der Waals surface area contributed by atoms with Gasteiger partial charge in [0.2, 0.25) is 0 Å². The summed E-state index contributed by atoms with van der Waals surface area (Å²) < 4.78 is 5.30. The second-order valence-electron chi connectivity index (χ2n) is 4.12. The van der Waals surface area contributed by atoms with Crippen molar-refractivity contribution in [3.05, 3.63) is 28.6 Å². The first-order valence-corrected chi connectivity index (χ1v) is 5.72. The molecule has 1 aromatic heterocycles. The molecule has 4 heteroatoms. The van der Waals surface area contributed by atoms with Crippen molar-refractivity contribution < 1.29 is 4.74 Å². The summed E-state index contributed by atoms with van der Waals surface area (Å²) in [5.41, 5.74) is 3.05. The third-order valence-corrected chi connectivity index (χ3v) is 2.72. The Morgan fingerprint density at radius 1 is 1.50 bits per heavy atom. The maximum absolute atomic E-state index is 5.99. The first-order chi connectivity index (χ1) is 7.66. The highest BCUT2D eigenvalue weighted by Gasteiger charge is 2.09. The fraction of sp³-hybridized carbons (Fsp3) is 0.417. The van der Waals surface area contributed by atoms with Crippen molar-refractivity contribution in [2.24, 2.45) is 0 Å². The molecule has 0 aliphatic carbocycles. The standard InChI is InChI=1S/C12H15ClN2O/c1-8(2)9-3-11-12(14-5-9)4-10(13)6-16-7-15-11/h3-5,8,15H,6-7H2,1-2H3. The zero-order chi connectivity index (χ0) is 11.5. The predicted molar refractivity (Wildman–Crippen MR) is 66.6 cm³/mol. The number of hydrogen-bond donors (Lipinski definition) is 1. The number of hydrogen-bond acceptors (Lipinski definition) is 3. The minimum absolute atomic E-state index is 0.432. The molecule has 0 unspecified atom stereocenters. The number of fused-ring (bicyclic) bond motifs is 1. The van der Waals surface area contributed by atoms with E-state index in [0.29, 0.717) is 24.3 Å². The number of rotatable bonds is 1. The normalized spacial score (nSPS) is 15.9. The summed E-state index contributed by atoms with van der Waals surface area (Å²) in [7, 11) is 0. The van der Waals surface area contributed by atoms with Crippen LogP contribution >= 0.6 is 11.6 Å². The van der Waals surface area contributed by atoms with Gasteiger partial charge in [-0.15, -0.1) is 0 Å². The van der Waals surface area contributed by atoms with Gasteiger partial charge in [0.25, 0.3) is 0 Å².